The Bertz CT molecular complexity index is 1520. The molecule has 0 fully saturated rings. The molecule has 428 valence electrons. The van der Waals surface area contributed by atoms with Gasteiger partial charge >= 0.3 is 25.7 Å². The van der Waals surface area contributed by atoms with Gasteiger partial charge in [0.05, 0.1) is 19.8 Å². The van der Waals surface area contributed by atoms with Crippen LogP contribution in [0.15, 0.2) is 72.9 Å². The first-order chi connectivity index (χ1) is 36.2. The second kappa shape index (κ2) is 56.1. The third kappa shape index (κ3) is 53.7. The van der Waals surface area contributed by atoms with Crippen molar-refractivity contribution in [3.05, 3.63) is 72.9 Å². The van der Waals surface area contributed by atoms with Crippen LogP contribution in [0.1, 0.15) is 265 Å². The normalized spacial score (nSPS) is 13.9. The van der Waals surface area contributed by atoms with Gasteiger partial charge in [0.1, 0.15) is 12.7 Å². The number of hydrogen-bond acceptors (Lipinski definition) is 10. The molecule has 12 heteroatoms. The number of carbonyl (C=O) groups is 3. The van der Waals surface area contributed by atoms with Gasteiger partial charge < -0.3 is 24.2 Å². The molecular formula is C62H109O11P. The Morgan fingerprint density at radius 3 is 1.14 bits per heavy atom. The van der Waals surface area contributed by atoms with Gasteiger partial charge in [0.15, 0.2) is 6.10 Å². The monoisotopic (exact) mass is 1060 g/mol. The molecule has 3 unspecified atom stereocenters. The zero-order valence-corrected chi connectivity index (χ0v) is 48.2. The molecule has 0 radical (unpaired) electrons. The fourth-order valence-electron chi connectivity index (χ4n) is 8.09. The lowest BCUT2D eigenvalue weighted by atomic mass is 10.0. The van der Waals surface area contributed by atoms with E-state index in [0.717, 1.165) is 89.9 Å². The second-order valence-corrected chi connectivity index (χ2v) is 21.2. The van der Waals surface area contributed by atoms with Crippen molar-refractivity contribution in [2.75, 3.05) is 26.4 Å². The average molecular weight is 1060 g/mol. The van der Waals surface area contributed by atoms with Crippen LogP contribution >= 0.6 is 7.82 Å². The van der Waals surface area contributed by atoms with Gasteiger partial charge in [0.25, 0.3) is 0 Å². The molecule has 11 nitrogen and oxygen atoms in total. The maximum Gasteiger partial charge on any atom is 0.472 e. The number of hydrogen-bond donors (Lipinski definition) is 2. The molecular weight excluding hydrogens is 952 g/mol. The molecule has 0 rings (SSSR count). The van der Waals surface area contributed by atoms with Crippen molar-refractivity contribution in [1.82, 2.24) is 0 Å². The van der Waals surface area contributed by atoms with Crippen LogP contribution in [0.2, 0.25) is 0 Å². The molecule has 0 heterocycles. The minimum absolute atomic E-state index is 0.145. The smallest absolute Gasteiger partial charge is 0.462 e. The second-order valence-electron chi connectivity index (χ2n) is 19.8. The Hall–Kier alpha value is -3.08. The summed E-state index contributed by atoms with van der Waals surface area (Å²) in [6.07, 6.45) is 62.9. The van der Waals surface area contributed by atoms with E-state index in [1.807, 2.05) is 6.08 Å². The van der Waals surface area contributed by atoms with Crippen LogP contribution in [0.4, 0.5) is 0 Å². The molecule has 0 aromatic rings. The van der Waals surface area contributed by atoms with E-state index in [1.54, 1.807) is 0 Å². The van der Waals surface area contributed by atoms with E-state index in [0.29, 0.717) is 25.7 Å². The maximum absolute atomic E-state index is 12.9. The minimum atomic E-state index is -4.76. The summed E-state index contributed by atoms with van der Waals surface area (Å²) in [5, 5.41) is 9.82. The Balaban J connectivity index is 4.78. The zero-order chi connectivity index (χ0) is 54.1. The van der Waals surface area contributed by atoms with E-state index in [4.69, 9.17) is 23.3 Å². The van der Waals surface area contributed by atoms with Gasteiger partial charge in [-0.05, 0) is 83.5 Å². The summed E-state index contributed by atoms with van der Waals surface area (Å²) in [5.74, 6) is -1.54. The lowest BCUT2D eigenvalue weighted by molar-refractivity contribution is -0.161. The fraction of sp³-hybridized carbons (Fsp3) is 0.758. The predicted molar refractivity (Wildman–Crippen MR) is 307 cm³/mol. The molecule has 74 heavy (non-hydrogen) atoms. The fourth-order valence-corrected chi connectivity index (χ4v) is 8.88. The lowest BCUT2D eigenvalue weighted by Gasteiger charge is -2.21. The molecule has 0 aliphatic rings. The number of carbonyl (C=O) groups excluding carboxylic acids is 3. The number of phosphoric acid groups is 1. The standard InChI is InChI=1S/C62H109O11P/c1-4-7-10-13-16-19-22-25-28-29-32-33-36-39-42-45-48-51-60(64)69-55-59(73-62(66)53-50-47-44-41-38-35-31-27-24-21-18-15-12-9-6-3)57-71-74(67,68)70-56-58(54-63)72-61(65)52-49-46-43-40-37-34-30-26-23-20-17-14-11-8-5-2/h7,10,16,19,25,27-28,31-33,39,42,58-59,63H,4-6,8-9,11-15,17-18,20-24,26,29-30,34-38,40-41,43-57H2,1-3H3,(H,67,68)/b10-7-,19-16-,28-25-,31-27-,33-32-,42-39-. The van der Waals surface area contributed by atoms with Crippen molar-refractivity contribution in [2.24, 2.45) is 0 Å². The summed E-state index contributed by atoms with van der Waals surface area (Å²) >= 11 is 0. The summed E-state index contributed by atoms with van der Waals surface area (Å²) in [5.41, 5.74) is 0. The Labute approximate surface area is 452 Å². The number of unbranched alkanes of at least 4 members (excludes halogenated alkanes) is 26. The summed E-state index contributed by atoms with van der Waals surface area (Å²) in [4.78, 5) is 48.6. The van der Waals surface area contributed by atoms with E-state index >= 15 is 0 Å². The third-order valence-corrected chi connectivity index (χ3v) is 13.6. The highest BCUT2D eigenvalue weighted by Gasteiger charge is 2.28. The SMILES string of the molecule is CC/C=C\C/C=C\C/C=C\C/C=C\C/C=C\CCCC(=O)OCC(COP(=O)(O)OCC(CO)OC(=O)CCCCCCCCCCCCCCCCC)OC(=O)CCCCCCC/C=C\CCCCCCCC. The van der Waals surface area contributed by atoms with Crippen molar-refractivity contribution in [1.29, 1.82) is 0 Å². The number of esters is 3. The van der Waals surface area contributed by atoms with Gasteiger partial charge in [0.2, 0.25) is 0 Å². The van der Waals surface area contributed by atoms with Crippen molar-refractivity contribution in [2.45, 2.75) is 277 Å². The van der Waals surface area contributed by atoms with E-state index in [1.165, 1.54) is 109 Å². The molecule has 3 atom stereocenters. The van der Waals surface area contributed by atoms with Crippen LogP contribution in [-0.2, 0) is 42.2 Å². The van der Waals surface area contributed by atoms with E-state index in [-0.39, 0.29) is 25.9 Å². The van der Waals surface area contributed by atoms with Crippen molar-refractivity contribution in [3.63, 3.8) is 0 Å². The van der Waals surface area contributed by atoms with E-state index in [2.05, 4.69) is 87.6 Å². The number of rotatable bonds is 55. The molecule has 0 amide bonds. The Morgan fingerprint density at radius 2 is 0.716 bits per heavy atom. The summed E-state index contributed by atoms with van der Waals surface area (Å²) in [7, 11) is -4.76. The molecule has 0 spiro atoms. The number of aliphatic hydroxyl groups is 1. The van der Waals surface area contributed by atoms with Crippen LogP contribution in [0.3, 0.4) is 0 Å². The van der Waals surface area contributed by atoms with Crippen LogP contribution in [0.25, 0.3) is 0 Å². The summed E-state index contributed by atoms with van der Waals surface area (Å²) in [6.45, 7) is 4.48. The van der Waals surface area contributed by atoms with Gasteiger partial charge in [-0.2, -0.15) is 0 Å². The zero-order valence-electron chi connectivity index (χ0n) is 47.3. The Morgan fingerprint density at radius 1 is 0.392 bits per heavy atom. The van der Waals surface area contributed by atoms with Crippen molar-refractivity contribution in [3.8, 4) is 0 Å². The van der Waals surface area contributed by atoms with Gasteiger partial charge in [-0.15, -0.1) is 0 Å². The molecule has 0 saturated heterocycles. The highest BCUT2D eigenvalue weighted by molar-refractivity contribution is 7.47. The largest absolute Gasteiger partial charge is 0.472 e. The number of ether oxygens (including phenoxy) is 3. The summed E-state index contributed by atoms with van der Waals surface area (Å²) in [6, 6.07) is 0. The first kappa shape index (κ1) is 70.9. The van der Waals surface area contributed by atoms with Gasteiger partial charge in [0, 0.05) is 19.3 Å². The molecule has 0 bridgehead atoms. The quantitative estimate of drug-likeness (QED) is 0.0197. The van der Waals surface area contributed by atoms with Gasteiger partial charge in [-0.3, -0.25) is 23.4 Å². The van der Waals surface area contributed by atoms with Gasteiger partial charge in [-0.25, -0.2) is 4.57 Å². The minimum Gasteiger partial charge on any atom is -0.462 e. The maximum atomic E-state index is 12.9. The van der Waals surface area contributed by atoms with Crippen molar-refractivity contribution < 1.29 is 52.2 Å². The lowest BCUT2D eigenvalue weighted by Crippen LogP contribution is -2.30. The topological polar surface area (TPSA) is 155 Å². The average Bonchev–Trinajstić information content (AvgIpc) is 3.39. The molecule has 0 aliphatic heterocycles. The highest BCUT2D eigenvalue weighted by Crippen LogP contribution is 2.43. The molecule has 2 N–H and O–H groups in total. The van der Waals surface area contributed by atoms with Crippen LogP contribution < -0.4 is 0 Å². The Kier molecular flexibility index (Phi) is 53.8. The van der Waals surface area contributed by atoms with E-state index in [9.17, 15) is 28.9 Å². The molecule has 0 aliphatic carbocycles. The van der Waals surface area contributed by atoms with Crippen molar-refractivity contribution >= 4 is 25.7 Å². The van der Waals surface area contributed by atoms with Crippen LogP contribution in [0.5, 0.6) is 0 Å². The number of phosphoric ester groups is 1. The molecule has 0 saturated carbocycles. The predicted octanol–water partition coefficient (Wildman–Crippen LogP) is 17.7. The van der Waals surface area contributed by atoms with Crippen LogP contribution in [0, 0.1) is 0 Å². The first-order valence-electron chi connectivity index (χ1n) is 29.8. The molecule has 0 aromatic carbocycles. The van der Waals surface area contributed by atoms with E-state index < -0.39 is 57.8 Å². The number of aliphatic hydroxyl groups excluding tert-OH is 1. The van der Waals surface area contributed by atoms with Crippen LogP contribution in [-0.4, -0.2) is 66.5 Å². The summed E-state index contributed by atoms with van der Waals surface area (Å²) < 4.78 is 39.5. The third-order valence-electron chi connectivity index (χ3n) is 12.6. The molecule has 0 aromatic heterocycles. The highest BCUT2D eigenvalue weighted by atomic mass is 31.2. The van der Waals surface area contributed by atoms with Gasteiger partial charge in [-0.1, -0.05) is 235 Å². The number of allylic oxidation sites excluding steroid dienone is 12. The first-order valence-corrected chi connectivity index (χ1v) is 31.3.